The minimum absolute atomic E-state index is 0.324. The molecule has 1 unspecified atom stereocenters. The van der Waals surface area contributed by atoms with E-state index in [0.717, 1.165) is 12.1 Å². The molecule has 0 saturated carbocycles. The van der Waals surface area contributed by atoms with E-state index < -0.39 is 0 Å². The van der Waals surface area contributed by atoms with Crippen LogP contribution in [0.5, 0.6) is 0 Å². The molecule has 1 aromatic carbocycles. The quantitative estimate of drug-likeness (QED) is 0.818. The van der Waals surface area contributed by atoms with E-state index in [2.05, 4.69) is 34.6 Å². The maximum atomic E-state index is 5.66. The molecule has 0 saturated heterocycles. The third-order valence-corrected chi connectivity index (χ3v) is 3.15. The highest BCUT2D eigenvalue weighted by molar-refractivity contribution is 7.80. The third-order valence-electron chi connectivity index (χ3n) is 2.93. The summed E-state index contributed by atoms with van der Waals surface area (Å²) in [6.45, 7) is 2.90. The molecule has 98 valence electrons. The van der Waals surface area contributed by atoms with E-state index in [9.17, 15) is 0 Å². The lowest BCUT2D eigenvalue weighted by molar-refractivity contribution is 0.797. The normalized spacial score (nSPS) is 11.8. The first-order valence-electron chi connectivity index (χ1n) is 6.09. The van der Waals surface area contributed by atoms with Gasteiger partial charge in [0.1, 0.15) is 4.99 Å². The second-order valence-electron chi connectivity index (χ2n) is 4.35. The molecule has 4 nitrogen and oxygen atoms in total. The Kier molecular flexibility index (Phi) is 4.41. The molecule has 0 aliphatic rings. The van der Waals surface area contributed by atoms with Crippen LogP contribution in [0.3, 0.4) is 0 Å². The van der Waals surface area contributed by atoms with E-state index in [1.54, 1.807) is 12.3 Å². The molecule has 0 bridgehead atoms. The van der Waals surface area contributed by atoms with Crippen LogP contribution >= 0.6 is 12.2 Å². The highest BCUT2D eigenvalue weighted by Gasteiger charge is 2.09. The highest BCUT2D eigenvalue weighted by atomic mass is 32.1. The number of nitrogens with one attached hydrogen (secondary N) is 1. The zero-order chi connectivity index (χ0) is 13.7. The van der Waals surface area contributed by atoms with Crippen molar-refractivity contribution in [3.8, 4) is 0 Å². The second-order valence-corrected chi connectivity index (χ2v) is 4.79. The van der Waals surface area contributed by atoms with Crippen molar-refractivity contribution in [2.24, 2.45) is 5.73 Å². The second kappa shape index (κ2) is 6.24. The lowest BCUT2D eigenvalue weighted by atomic mass is 10.0. The van der Waals surface area contributed by atoms with E-state index in [1.807, 2.05) is 18.2 Å². The maximum Gasteiger partial charge on any atom is 0.158 e. The molecule has 1 atom stereocenters. The number of nitrogens with two attached hydrogens (primary N) is 1. The molecule has 0 spiro atoms. The van der Waals surface area contributed by atoms with Crippen molar-refractivity contribution in [2.75, 3.05) is 11.9 Å². The van der Waals surface area contributed by atoms with E-state index in [-0.39, 0.29) is 0 Å². The van der Waals surface area contributed by atoms with Crippen LogP contribution in [0.2, 0.25) is 0 Å². The minimum atomic E-state index is 0.324. The van der Waals surface area contributed by atoms with Gasteiger partial charge in [-0.2, -0.15) is 5.10 Å². The molecule has 5 heteroatoms. The SMILES string of the molecule is CC(CNc1nnccc1C(N)=S)c1ccccc1. The van der Waals surface area contributed by atoms with Crippen LogP contribution in [0, 0.1) is 0 Å². The summed E-state index contributed by atoms with van der Waals surface area (Å²) in [6, 6.07) is 12.1. The fourth-order valence-corrected chi connectivity index (χ4v) is 1.98. The molecule has 0 amide bonds. The highest BCUT2D eigenvalue weighted by Crippen LogP contribution is 2.16. The number of hydrogen-bond donors (Lipinski definition) is 2. The monoisotopic (exact) mass is 272 g/mol. The van der Waals surface area contributed by atoms with Crippen LogP contribution in [0.4, 0.5) is 5.82 Å². The molecule has 0 aliphatic carbocycles. The van der Waals surface area contributed by atoms with E-state index in [0.29, 0.717) is 16.7 Å². The van der Waals surface area contributed by atoms with Crippen LogP contribution in [0.1, 0.15) is 24.0 Å². The Bertz CT molecular complexity index is 556. The lowest BCUT2D eigenvalue weighted by Gasteiger charge is -2.14. The standard InChI is InChI=1S/C14H16N4S/c1-10(11-5-3-2-4-6-11)9-16-14-12(13(15)19)7-8-17-18-14/h2-8,10H,9H2,1H3,(H2,15,19)(H,16,18). The van der Waals surface area contributed by atoms with Crippen molar-refractivity contribution in [3.63, 3.8) is 0 Å². The van der Waals surface area contributed by atoms with Crippen LogP contribution in [-0.4, -0.2) is 21.7 Å². The lowest BCUT2D eigenvalue weighted by Crippen LogP contribution is -2.17. The van der Waals surface area contributed by atoms with E-state index in [1.165, 1.54) is 5.56 Å². The van der Waals surface area contributed by atoms with Crippen molar-refractivity contribution in [2.45, 2.75) is 12.8 Å². The maximum absolute atomic E-state index is 5.66. The Hall–Kier alpha value is -2.01. The summed E-state index contributed by atoms with van der Waals surface area (Å²) in [7, 11) is 0. The predicted octanol–water partition coefficient (Wildman–Crippen LogP) is 2.33. The number of hydrogen-bond acceptors (Lipinski definition) is 4. The first-order chi connectivity index (χ1) is 9.18. The van der Waals surface area contributed by atoms with Crippen molar-refractivity contribution in [1.29, 1.82) is 0 Å². The number of rotatable bonds is 5. The summed E-state index contributed by atoms with van der Waals surface area (Å²) < 4.78 is 0. The van der Waals surface area contributed by atoms with E-state index >= 15 is 0 Å². The Morgan fingerprint density at radius 2 is 2.05 bits per heavy atom. The van der Waals surface area contributed by atoms with Gasteiger partial charge in [0.05, 0.1) is 11.8 Å². The Labute approximate surface area is 118 Å². The van der Waals surface area contributed by atoms with E-state index in [4.69, 9.17) is 18.0 Å². The summed E-state index contributed by atoms with van der Waals surface area (Å²) in [6.07, 6.45) is 1.58. The molecule has 0 aliphatic heterocycles. The number of anilines is 1. The Balaban J connectivity index is 2.05. The zero-order valence-electron chi connectivity index (χ0n) is 10.7. The third kappa shape index (κ3) is 3.48. The van der Waals surface area contributed by atoms with Gasteiger partial charge in [0.2, 0.25) is 0 Å². The van der Waals surface area contributed by atoms with Gasteiger partial charge < -0.3 is 11.1 Å². The number of nitrogens with zero attached hydrogens (tertiary/aromatic N) is 2. The number of aromatic nitrogens is 2. The van der Waals surface area contributed by atoms with Crippen molar-refractivity contribution >= 4 is 23.0 Å². The molecule has 1 aromatic heterocycles. The molecule has 2 rings (SSSR count). The van der Waals surface area contributed by atoms with Crippen molar-refractivity contribution in [3.05, 3.63) is 53.7 Å². The fourth-order valence-electron chi connectivity index (χ4n) is 1.81. The zero-order valence-corrected chi connectivity index (χ0v) is 11.5. The average Bonchev–Trinajstić information content (AvgIpc) is 2.46. The van der Waals surface area contributed by atoms with Crippen LogP contribution in [-0.2, 0) is 0 Å². The molecule has 3 N–H and O–H groups in total. The van der Waals surface area contributed by atoms with Gasteiger partial charge in [-0.25, -0.2) is 0 Å². The van der Waals surface area contributed by atoms with Crippen LogP contribution < -0.4 is 11.1 Å². The molecular formula is C14H16N4S. The molecule has 0 fully saturated rings. The largest absolute Gasteiger partial charge is 0.389 e. The van der Waals surface area contributed by atoms with Gasteiger partial charge in [-0.1, -0.05) is 49.5 Å². The first kappa shape index (κ1) is 13.4. The van der Waals surface area contributed by atoms with Gasteiger partial charge in [0.15, 0.2) is 5.82 Å². The smallest absolute Gasteiger partial charge is 0.158 e. The Morgan fingerprint density at radius 3 is 2.74 bits per heavy atom. The van der Waals surface area contributed by atoms with Gasteiger partial charge in [-0.15, -0.1) is 5.10 Å². The molecule has 19 heavy (non-hydrogen) atoms. The first-order valence-corrected chi connectivity index (χ1v) is 6.49. The van der Waals surface area contributed by atoms with Gasteiger partial charge in [0.25, 0.3) is 0 Å². The van der Waals surface area contributed by atoms with Crippen molar-refractivity contribution < 1.29 is 0 Å². The summed E-state index contributed by atoms with van der Waals surface area (Å²) in [5.41, 5.74) is 7.66. The number of benzene rings is 1. The van der Waals surface area contributed by atoms with Gasteiger partial charge >= 0.3 is 0 Å². The summed E-state index contributed by atoms with van der Waals surface area (Å²) >= 11 is 4.99. The molecule has 0 radical (unpaired) electrons. The summed E-state index contributed by atoms with van der Waals surface area (Å²) in [4.78, 5) is 0.324. The Morgan fingerprint density at radius 1 is 1.32 bits per heavy atom. The van der Waals surface area contributed by atoms with Gasteiger partial charge in [-0.05, 0) is 17.5 Å². The van der Waals surface area contributed by atoms with Crippen molar-refractivity contribution in [1.82, 2.24) is 10.2 Å². The van der Waals surface area contributed by atoms with Crippen LogP contribution in [0.15, 0.2) is 42.6 Å². The minimum Gasteiger partial charge on any atom is -0.389 e. The number of thiocarbonyl (C=S) groups is 1. The molecule has 2 aromatic rings. The van der Waals surface area contributed by atoms with Crippen LogP contribution in [0.25, 0.3) is 0 Å². The topological polar surface area (TPSA) is 63.8 Å². The predicted molar refractivity (Wildman–Crippen MR) is 81.3 cm³/mol. The average molecular weight is 272 g/mol. The summed E-state index contributed by atoms with van der Waals surface area (Å²) in [5, 5.41) is 11.1. The molecule has 1 heterocycles. The van der Waals surface area contributed by atoms with Gasteiger partial charge in [-0.3, -0.25) is 0 Å². The summed E-state index contributed by atoms with van der Waals surface area (Å²) in [5.74, 6) is 1.00. The fraction of sp³-hybridized carbons (Fsp3) is 0.214. The molecular weight excluding hydrogens is 256 g/mol. The van der Waals surface area contributed by atoms with Gasteiger partial charge in [0, 0.05) is 6.54 Å².